The van der Waals surface area contributed by atoms with Gasteiger partial charge in [0.15, 0.2) is 11.5 Å². The van der Waals surface area contributed by atoms with Crippen molar-refractivity contribution < 1.29 is 23.9 Å². The molecule has 1 saturated heterocycles. The van der Waals surface area contributed by atoms with Crippen molar-refractivity contribution in [3.05, 3.63) is 23.8 Å². The highest BCUT2D eigenvalue weighted by atomic mass is 16.7. The lowest BCUT2D eigenvalue weighted by atomic mass is 9.87. The van der Waals surface area contributed by atoms with E-state index in [9.17, 15) is 14.4 Å². The van der Waals surface area contributed by atoms with Crippen LogP contribution in [-0.4, -0.2) is 55.1 Å². The van der Waals surface area contributed by atoms with Gasteiger partial charge in [-0.1, -0.05) is 19.8 Å². The fourth-order valence-corrected chi connectivity index (χ4v) is 4.90. The first-order chi connectivity index (χ1) is 15.6. The van der Waals surface area contributed by atoms with Crippen LogP contribution in [0.3, 0.4) is 0 Å². The minimum absolute atomic E-state index is 0.0163. The standard InChI is InChI=1S/C24H33N3O5/c1-2-11-25-23(29)21(26-22(28)18-7-8-19-20(14-18)32-15-31-19)16-9-12-27(13-10-16)24(30)17-5-3-4-6-17/h7-8,14,16-17,21H,2-6,9-13,15H2,1H3,(H,25,29)(H,26,28)/t21-/m1/s1. The predicted octanol–water partition coefficient (Wildman–Crippen LogP) is 2.47. The van der Waals surface area contributed by atoms with Crippen LogP contribution >= 0.6 is 0 Å². The fraction of sp³-hybridized carbons (Fsp3) is 0.625. The molecule has 0 aromatic heterocycles. The van der Waals surface area contributed by atoms with Crippen LogP contribution in [0.25, 0.3) is 0 Å². The van der Waals surface area contributed by atoms with Gasteiger partial charge in [0.1, 0.15) is 6.04 Å². The molecule has 2 aliphatic heterocycles. The van der Waals surface area contributed by atoms with E-state index >= 15 is 0 Å². The van der Waals surface area contributed by atoms with Crippen molar-refractivity contribution in [3.8, 4) is 11.5 Å². The van der Waals surface area contributed by atoms with Gasteiger partial charge in [-0.2, -0.15) is 0 Å². The minimum atomic E-state index is -0.636. The van der Waals surface area contributed by atoms with Crippen molar-refractivity contribution in [2.75, 3.05) is 26.4 Å². The molecule has 1 aromatic carbocycles. The number of amides is 3. The van der Waals surface area contributed by atoms with Crippen LogP contribution in [0.2, 0.25) is 0 Å². The number of piperidine rings is 1. The molecule has 2 heterocycles. The first kappa shape index (κ1) is 22.4. The molecule has 1 saturated carbocycles. The molecular weight excluding hydrogens is 410 g/mol. The summed E-state index contributed by atoms with van der Waals surface area (Å²) in [6, 6.07) is 4.38. The van der Waals surface area contributed by atoms with Crippen molar-refractivity contribution in [1.29, 1.82) is 0 Å². The lowest BCUT2D eigenvalue weighted by molar-refractivity contribution is -0.137. The molecule has 1 aromatic rings. The molecule has 2 N–H and O–H groups in total. The first-order valence-corrected chi connectivity index (χ1v) is 11.8. The van der Waals surface area contributed by atoms with E-state index in [-0.39, 0.29) is 36.4 Å². The summed E-state index contributed by atoms with van der Waals surface area (Å²) in [5, 5.41) is 5.88. The molecule has 8 heteroatoms. The topological polar surface area (TPSA) is 97.0 Å². The van der Waals surface area contributed by atoms with Gasteiger partial charge >= 0.3 is 0 Å². The summed E-state index contributed by atoms with van der Waals surface area (Å²) >= 11 is 0. The van der Waals surface area contributed by atoms with E-state index in [1.807, 2.05) is 11.8 Å². The predicted molar refractivity (Wildman–Crippen MR) is 118 cm³/mol. The molecule has 0 bridgehead atoms. The van der Waals surface area contributed by atoms with Crippen LogP contribution in [-0.2, 0) is 9.59 Å². The third-order valence-corrected chi connectivity index (χ3v) is 6.78. The smallest absolute Gasteiger partial charge is 0.252 e. The van der Waals surface area contributed by atoms with Crippen LogP contribution in [0.5, 0.6) is 11.5 Å². The Balaban J connectivity index is 1.41. The van der Waals surface area contributed by atoms with Gasteiger partial charge in [0.05, 0.1) is 0 Å². The lowest BCUT2D eigenvalue weighted by Crippen LogP contribution is -2.54. The van der Waals surface area contributed by atoms with Crippen LogP contribution < -0.4 is 20.1 Å². The zero-order chi connectivity index (χ0) is 22.5. The third kappa shape index (κ3) is 5.00. The van der Waals surface area contributed by atoms with Gasteiger partial charge in [-0.15, -0.1) is 0 Å². The number of ether oxygens (including phenoxy) is 2. The summed E-state index contributed by atoms with van der Waals surface area (Å²) < 4.78 is 10.7. The number of hydrogen-bond acceptors (Lipinski definition) is 5. The number of hydrogen-bond donors (Lipinski definition) is 2. The summed E-state index contributed by atoms with van der Waals surface area (Å²) in [7, 11) is 0. The SMILES string of the molecule is CCCNC(=O)[C@H](NC(=O)c1ccc2c(c1)OCO2)C1CCN(C(=O)C2CCCC2)CC1. The second-order valence-electron chi connectivity index (χ2n) is 8.95. The Hall–Kier alpha value is -2.77. The Morgan fingerprint density at radius 2 is 1.78 bits per heavy atom. The van der Waals surface area contributed by atoms with Gasteiger partial charge in [-0.3, -0.25) is 14.4 Å². The highest BCUT2D eigenvalue weighted by Gasteiger charge is 2.36. The second kappa shape index (κ2) is 10.2. The number of nitrogens with zero attached hydrogens (tertiary/aromatic N) is 1. The third-order valence-electron chi connectivity index (χ3n) is 6.78. The van der Waals surface area contributed by atoms with E-state index in [2.05, 4.69) is 10.6 Å². The van der Waals surface area contributed by atoms with Crippen molar-refractivity contribution in [2.45, 2.75) is 57.9 Å². The largest absolute Gasteiger partial charge is 0.454 e. The zero-order valence-electron chi connectivity index (χ0n) is 18.7. The molecule has 0 spiro atoms. The highest BCUT2D eigenvalue weighted by Crippen LogP contribution is 2.33. The fourth-order valence-electron chi connectivity index (χ4n) is 4.90. The van der Waals surface area contributed by atoms with Gasteiger partial charge in [-0.05, 0) is 56.2 Å². The van der Waals surface area contributed by atoms with E-state index in [4.69, 9.17) is 9.47 Å². The Bertz CT molecular complexity index is 844. The number of carbonyl (C=O) groups is 3. The van der Waals surface area contributed by atoms with Gasteiger partial charge in [-0.25, -0.2) is 0 Å². The zero-order valence-corrected chi connectivity index (χ0v) is 18.7. The molecule has 8 nitrogen and oxygen atoms in total. The van der Waals surface area contributed by atoms with Crippen molar-refractivity contribution in [1.82, 2.24) is 15.5 Å². The molecule has 174 valence electrons. The average Bonchev–Trinajstić information content (AvgIpc) is 3.52. The normalized spacial score (nSPS) is 19.6. The summed E-state index contributed by atoms with van der Waals surface area (Å²) in [5.74, 6) is 1.07. The van der Waals surface area contributed by atoms with Gasteiger partial charge in [0, 0.05) is 31.1 Å². The number of nitrogens with one attached hydrogen (secondary N) is 2. The molecule has 1 aliphatic carbocycles. The van der Waals surface area contributed by atoms with E-state index < -0.39 is 6.04 Å². The maximum Gasteiger partial charge on any atom is 0.252 e. The molecule has 32 heavy (non-hydrogen) atoms. The molecule has 0 unspecified atom stereocenters. The van der Waals surface area contributed by atoms with Crippen LogP contribution in [0, 0.1) is 11.8 Å². The number of carbonyl (C=O) groups excluding carboxylic acids is 3. The second-order valence-corrected chi connectivity index (χ2v) is 8.95. The molecule has 3 aliphatic rings. The Morgan fingerprint density at radius 3 is 2.50 bits per heavy atom. The molecular formula is C24H33N3O5. The lowest BCUT2D eigenvalue weighted by Gasteiger charge is -2.36. The molecule has 4 rings (SSSR count). The van der Waals surface area contributed by atoms with Crippen LogP contribution in [0.15, 0.2) is 18.2 Å². The van der Waals surface area contributed by atoms with Gasteiger partial charge in [0.2, 0.25) is 18.6 Å². The van der Waals surface area contributed by atoms with E-state index in [0.29, 0.717) is 49.5 Å². The summed E-state index contributed by atoms with van der Waals surface area (Å²) in [5.41, 5.74) is 0.427. The summed E-state index contributed by atoms with van der Waals surface area (Å²) in [6.07, 6.45) is 6.48. The summed E-state index contributed by atoms with van der Waals surface area (Å²) in [6.45, 7) is 3.97. The maximum atomic E-state index is 13.0. The molecule has 0 radical (unpaired) electrons. The number of rotatable bonds is 7. The molecule has 2 fully saturated rings. The molecule has 1 atom stereocenters. The summed E-state index contributed by atoms with van der Waals surface area (Å²) in [4.78, 5) is 40.6. The first-order valence-electron chi connectivity index (χ1n) is 11.8. The number of likely N-dealkylation sites (tertiary alicyclic amines) is 1. The van der Waals surface area contributed by atoms with Crippen molar-refractivity contribution in [2.24, 2.45) is 11.8 Å². The van der Waals surface area contributed by atoms with Gasteiger partial charge < -0.3 is 25.0 Å². The number of fused-ring (bicyclic) bond motifs is 1. The van der Waals surface area contributed by atoms with Crippen LogP contribution in [0.1, 0.15) is 62.2 Å². The van der Waals surface area contributed by atoms with E-state index in [1.165, 1.54) is 0 Å². The quantitative estimate of drug-likeness (QED) is 0.675. The monoisotopic (exact) mass is 443 g/mol. The average molecular weight is 444 g/mol. The maximum absolute atomic E-state index is 13.0. The van der Waals surface area contributed by atoms with Gasteiger partial charge in [0.25, 0.3) is 5.91 Å². The molecule has 3 amide bonds. The van der Waals surface area contributed by atoms with E-state index in [0.717, 1.165) is 32.1 Å². The Kier molecular flexibility index (Phi) is 7.17. The number of benzene rings is 1. The minimum Gasteiger partial charge on any atom is -0.454 e. The van der Waals surface area contributed by atoms with Crippen molar-refractivity contribution in [3.63, 3.8) is 0 Å². The highest BCUT2D eigenvalue weighted by molar-refractivity contribution is 5.98. The van der Waals surface area contributed by atoms with E-state index in [1.54, 1.807) is 18.2 Å². The Labute approximate surface area is 189 Å². The Morgan fingerprint density at radius 1 is 1.06 bits per heavy atom. The van der Waals surface area contributed by atoms with Crippen LogP contribution in [0.4, 0.5) is 0 Å². The van der Waals surface area contributed by atoms with Crippen molar-refractivity contribution >= 4 is 17.7 Å².